The normalized spacial score (nSPS) is 23.8. The van der Waals surface area contributed by atoms with Crippen LogP contribution >= 0.6 is 0 Å². The minimum Gasteiger partial charge on any atom is -0.341 e. The molecular formula is C14H18N4O. The van der Waals surface area contributed by atoms with E-state index in [9.17, 15) is 4.79 Å². The molecule has 0 bridgehead atoms. The van der Waals surface area contributed by atoms with Crippen LogP contribution in [0.2, 0.25) is 0 Å². The van der Waals surface area contributed by atoms with Crippen molar-refractivity contribution in [3.63, 3.8) is 0 Å². The molecule has 1 aliphatic heterocycles. The molecule has 0 spiro atoms. The van der Waals surface area contributed by atoms with Crippen LogP contribution in [0.25, 0.3) is 5.65 Å². The summed E-state index contributed by atoms with van der Waals surface area (Å²) in [6.45, 7) is 3.00. The molecule has 2 atom stereocenters. The number of nitrogens with zero attached hydrogens (tertiary/aromatic N) is 3. The van der Waals surface area contributed by atoms with Crippen molar-refractivity contribution < 1.29 is 4.79 Å². The number of hydrogen-bond donors (Lipinski definition) is 1. The predicted molar refractivity (Wildman–Crippen MR) is 72.8 cm³/mol. The maximum absolute atomic E-state index is 11.4. The highest BCUT2D eigenvalue weighted by Crippen LogP contribution is 2.27. The second-order valence-corrected chi connectivity index (χ2v) is 5.14. The lowest BCUT2D eigenvalue weighted by molar-refractivity contribution is -0.130. The number of hydrogen-bond acceptors (Lipinski definition) is 3. The van der Waals surface area contributed by atoms with Gasteiger partial charge in [0.1, 0.15) is 5.65 Å². The zero-order chi connectivity index (χ0) is 13.4. The zero-order valence-corrected chi connectivity index (χ0v) is 11.0. The average Bonchev–Trinajstić information content (AvgIpc) is 2.82. The van der Waals surface area contributed by atoms with Crippen molar-refractivity contribution >= 4 is 11.6 Å². The average molecular weight is 258 g/mol. The van der Waals surface area contributed by atoms with Crippen LogP contribution in [0.15, 0.2) is 30.6 Å². The monoisotopic (exact) mass is 258 g/mol. The summed E-state index contributed by atoms with van der Waals surface area (Å²) < 4.78 is 2.09. The molecule has 2 aromatic heterocycles. The summed E-state index contributed by atoms with van der Waals surface area (Å²) in [5, 5.41) is 0. The van der Waals surface area contributed by atoms with Crippen LogP contribution in [0.1, 0.15) is 25.0 Å². The molecule has 2 aromatic rings. The number of piperidine rings is 1. The van der Waals surface area contributed by atoms with E-state index >= 15 is 0 Å². The van der Waals surface area contributed by atoms with Gasteiger partial charge < -0.3 is 15.0 Å². The van der Waals surface area contributed by atoms with Crippen LogP contribution in [-0.4, -0.2) is 39.3 Å². The van der Waals surface area contributed by atoms with E-state index < -0.39 is 0 Å². The Kier molecular flexibility index (Phi) is 2.98. The Hall–Kier alpha value is -1.88. The lowest BCUT2D eigenvalue weighted by atomic mass is 9.89. The van der Waals surface area contributed by atoms with Gasteiger partial charge in [-0.2, -0.15) is 0 Å². The largest absolute Gasteiger partial charge is 0.341 e. The number of imidazole rings is 1. The zero-order valence-electron chi connectivity index (χ0n) is 11.0. The first kappa shape index (κ1) is 12.2. The van der Waals surface area contributed by atoms with Gasteiger partial charge >= 0.3 is 0 Å². The first-order valence-electron chi connectivity index (χ1n) is 6.60. The molecule has 2 unspecified atom stereocenters. The summed E-state index contributed by atoms with van der Waals surface area (Å²) >= 11 is 0. The molecule has 1 fully saturated rings. The molecule has 3 heterocycles. The highest BCUT2D eigenvalue weighted by atomic mass is 16.2. The summed E-state index contributed by atoms with van der Waals surface area (Å²) in [6, 6.07) is 5.93. The molecule has 100 valence electrons. The van der Waals surface area contributed by atoms with E-state index in [-0.39, 0.29) is 17.9 Å². The molecule has 1 amide bonds. The number of amides is 1. The van der Waals surface area contributed by atoms with Crippen molar-refractivity contribution in [1.29, 1.82) is 0 Å². The number of carbonyl (C=O) groups excluding carboxylic acids is 1. The molecule has 5 heteroatoms. The molecule has 1 saturated heterocycles. The standard InChI is InChI=1S/C14H18N4O/c1-10(19)17-7-5-11(12(15)9-17)13-8-16-14-4-2-3-6-18(13)14/h2-4,6,8,11-12H,5,7,9,15H2,1H3. The molecule has 19 heavy (non-hydrogen) atoms. The Morgan fingerprint density at radius 3 is 3.05 bits per heavy atom. The highest BCUT2D eigenvalue weighted by molar-refractivity contribution is 5.73. The molecule has 0 radical (unpaired) electrons. The minimum absolute atomic E-state index is 0.0299. The van der Waals surface area contributed by atoms with Crippen LogP contribution in [0.4, 0.5) is 0 Å². The summed E-state index contributed by atoms with van der Waals surface area (Å²) in [6.07, 6.45) is 4.81. The van der Waals surface area contributed by atoms with Crippen molar-refractivity contribution in [2.24, 2.45) is 5.73 Å². The second-order valence-electron chi connectivity index (χ2n) is 5.14. The lowest BCUT2D eigenvalue weighted by Crippen LogP contribution is -2.49. The molecule has 5 nitrogen and oxygen atoms in total. The lowest BCUT2D eigenvalue weighted by Gasteiger charge is -2.36. The molecule has 3 rings (SSSR count). The van der Waals surface area contributed by atoms with Crippen LogP contribution in [0.3, 0.4) is 0 Å². The quantitative estimate of drug-likeness (QED) is 0.830. The third kappa shape index (κ3) is 2.10. The SMILES string of the molecule is CC(=O)N1CCC(c2cnc3ccccn23)C(N)C1. The fourth-order valence-corrected chi connectivity index (χ4v) is 2.86. The maximum Gasteiger partial charge on any atom is 0.219 e. The predicted octanol–water partition coefficient (Wildman–Crippen LogP) is 0.997. The Bertz CT molecular complexity index is 606. The smallest absolute Gasteiger partial charge is 0.219 e. The summed E-state index contributed by atoms with van der Waals surface area (Å²) in [5.41, 5.74) is 8.34. The first-order chi connectivity index (χ1) is 9.16. The maximum atomic E-state index is 11.4. The third-order valence-corrected chi connectivity index (χ3v) is 3.93. The van der Waals surface area contributed by atoms with Gasteiger partial charge in [0.05, 0.1) is 0 Å². The van der Waals surface area contributed by atoms with Crippen molar-refractivity contribution in [3.8, 4) is 0 Å². The topological polar surface area (TPSA) is 63.6 Å². The molecule has 0 saturated carbocycles. The van der Waals surface area contributed by atoms with E-state index in [1.54, 1.807) is 6.92 Å². The number of aromatic nitrogens is 2. The van der Waals surface area contributed by atoms with Gasteiger partial charge in [0.25, 0.3) is 0 Å². The summed E-state index contributed by atoms with van der Waals surface area (Å²) in [4.78, 5) is 17.6. The van der Waals surface area contributed by atoms with Crippen molar-refractivity contribution in [2.75, 3.05) is 13.1 Å². The Balaban J connectivity index is 1.89. The second kappa shape index (κ2) is 4.66. The van der Waals surface area contributed by atoms with Gasteiger partial charge in [-0.1, -0.05) is 6.07 Å². The summed E-state index contributed by atoms with van der Waals surface area (Å²) in [5.74, 6) is 0.361. The number of nitrogens with two attached hydrogens (primary N) is 1. The molecule has 2 N–H and O–H groups in total. The van der Waals surface area contributed by atoms with Gasteiger partial charge in [0, 0.05) is 50.1 Å². The van der Waals surface area contributed by atoms with Gasteiger partial charge in [-0.15, -0.1) is 0 Å². The Morgan fingerprint density at radius 2 is 2.32 bits per heavy atom. The number of fused-ring (bicyclic) bond motifs is 1. The van der Waals surface area contributed by atoms with Gasteiger partial charge in [-0.25, -0.2) is 4.98 Å². The molecular weight excluding hydrogens is 240 g/mol. The van der Waals surface area contributed by atoms with E-state index in [2.05, 4.69) is 9.38 Å². The Morgan fingerprint density at radius 1 is 1.47 bits per heavy atom. The van der Waals surface area contributed by atoms with Crippen LogP contribution in [0.5, 0.6) is 0 Å². The van der Waals surface area contributed by atoms with Crippen LogP contribution < -0.4 is 5.73 Å². The van der Waals surface area contributed by atoms with E-state index in [4.69, 9.17) is 5.73 Å². The van der Waals surface area contributed by atoms with Crippen LogP contribution in [-0.2, 0) is 4.79 Å². The molecule has 0 aliphatic carbocycles. The number of rotatable bonds is 1. The number of likely N-dealkylation sites (tertiary alicyclic amines) is 1. The Labute approximate surface area is 112 Å². The first-order valence-corrected chi connectivity index (χ1v) is 6.60. The van der Waals surface area contributed by atoms with Gasteiger partial charge in [-0.05, 0) is 18.6 Å². The molecule has 0 aromatic carbocycles. The van der Waals surface area contributed by atoms with Gasteiger partial charge in [0.15, 0.2) is 0 Å². The molecule has 1 aliphatic rings. The fourth-order valence-electron chi connectivity index (χ4n) is 2.86. The fraction of sp³-hybridized carbons (Fsp3) is 0.429. The number of carbonyl (C=O) groups is 1. The van der Waals surface area contributed by atoms with Crippen molar-refractivity contribution in [2.45, 2.75) is 25.3 Å². The van der Waals surface area contributed by atoms with E-state index in [0.717, 1.165) is 24.3 Å². The van der Waals surface area contributed by atoms with E-state index in [1.807, 2.05) is 35.5 Å². The number of pyridine rings is 1. The van der Waals surface area contributed by atoms with E-state index in [0.29, 0.717) is 6.54 Å². The minimum atomic E-state index is -0.0299. The van der Waals surface area contributed by atoms with Gasteiger partial charge in [0.2, 0.25) is 5.91 Å². The third-order valence-electron chi connectivity index (χ3n) is 3.93. The van der Waals surface area contributed by atoms with E-state index in [1.165, 1.54) is 0 Å². The van der Waals surface area contributed by atoms with Crippen molar-refractivity contribution in [1.82, 2.24) is 14.3 Å². The van der Waals surface area contributed by atoms with Crippen molar-refractivity contribution in [3.05, 3.63) is 36.3 Å². The highest BCUT2D eigenvalue weighted by Gasteiger charge is 2.30. The summed E-state index contributed by atoms with van der Waals surface area (Å²) in [7, 11) is 0. The van der Waals surface area contributed by atoms with Gasteiger partial charge in [-0.3, -0.25) is 4.79 Å². The van der Waals surface area contributed by atoms with Crippen LogP contribution in [0, 0.1) is 0 Å².